The van der Waals surface area contributed by atoms with Crippen LogP contribution < -0.4 is 10.1 Å². The molecule has 0 saturated carbocycles. The Balaban J connectivity index is 1.60. The van der Waals surface area contributed by atoms with Gasteiger partial charge in [0.15, 0.2) is 0 Å². The number of aromatic nitrogens is 2. The van der Waals surface area contributed by atoms with Crippen molar-refractivity contribution in [3.63, 3.8) is 0 Å². The summed E-state index contributed by atoms with van der Waals surface area (Å²) in [6, 6.07) is 13.3. The number of aryl methyl sites for hydroxylation is 1. The summed E-state index contributed by atoms with van der Waals surface area (Å²) in [5.41, 5.74) is 1.62. The lowest BCUT2D eigenvalue weighted by atomic mass is 10.0. The van der Waals surface area contributed by atoms with Gasteiger partial charge in [-0.2, -0.15) is 4.98 Å². The number of para-hydroxylation sites is 1. The molecule has 1 aromatic heterocycles. The van der Waals surface area contributed by atoms with Gasteiger partial charge in [0, 0.05) is 24.2 Å². The molecule has 0 spiro atoms. The second-order valence-corrected chi connectivity index (χ2v) is 7.62. The number of nitrogens with zero attached hydrogens (tertiary/aromatic N) is 3. The lowest BCUT2D eigenvalue weighted by molar-refractivity contribution is -0.384. The molecule has 0 fully saturated rings. The van der Waals surface area contributed by atoms with Crippen molar-refractivity contribution in [1.82, 2.24) is 15.5 Å². The van der Waals surface area contributed by atoms with Gasteiger partial charge in [-0.15, -0.1) is 0 Å². The van der Waals surface area contributed by atoms with E-state index in [9.17, 15) is 15.2 Å². The molecule has 2 N–H and O–H groups in total. The molecule has 9 nitrogen and oxygen atoms in total. The van der Waals surface area contributed by atoms with Gasteiger partial charge in [-0.3, -0.25) is 10.1 Å². The van der Waals surface area contributed by atoms with Crippen molar-refractivity contribution in [3.05, 3.63) is 70.1 Å². The van der Waals surface area contributed by atoms with E-state index in [0.717, 1.165) is 11.3 Å². The van der Waals surface area contributed by atoms with E-state index in [0.29, 0.717) is 17.3 Å². The Morgan fingerprint density at radius 2 is 1.90 bits per heavy atom. The van der Waals surface area contributed by atoms with Gasteiger partial charge in [0.2, 0.25) is 11.7 Å². The van der Waals surface area contributed by atoms with Gasteiger partial charge in [-0.05, 0) is 36.6 Å². The Hall–Kier alpha value is -3.30. The van der Waals surface area contributed by atoms with Crippen LogP contribution in [-0.2, 0) is 0 Å². The largest absolute Gasteiger partial charge is 0.491 e. The molecule has 0 bridgehead atoms. The molecule has 31 heavy (non-hydrogen) atoms. The number of non-ortho nitro benzene ring substituents is 1. The number of nitro groups is 1. The average Bonchev–Trinajstić information content (AvgIpc) is 3.23. The topological polar surface area (TPSA) is 124 Å². The molecule has 0 aliphatic carbocycles. The summed E-state index contributed by atoms with van der Waals surface area (Å²) in [7, 11) is 0. The third kappa shape index (κ3) is 5.87. The Morgan fingerprint density at radius 1 is 1.19 bits per heavy atom. The van der Waals surface area contributed by atoms with Crippen LogP contribution in [0.3, 0.4) is 0 Å². The lowest BCUT2D eigenvalue weighted by Gasteiger charge is -2.21. The van der Waals surface area contributed by atoms with Crippen LogP contribution >= 0.6 is 0 Å². The van der Waals surface area contributed by atoms with Crippen LogP contribution in [0.1, 0.15) is 31.3 Å². The highest BCUT2D eigenvalue weighted by molar-refractivity contribution is 5.56. The molecule has 0 unspecified atom stereocenters. The van der Waals surface area contributed by atoms with Crippen molar-refractivity contribution in [2.24, 2.45) is 5.92 Å². The number of benzene rings is 2. The number of rotatable bonds is 10. The van der Waals surface area contributed by atoms with Crippen LogP contribution in [0.25, 0.3) is 11.4 Å². The summed E-state index contributed by atoms with van der Waals surface area (Å²) in [5, 5.41) is 28.4. The van der Waals surface area contributed by atoms with E-state index in [-0.39, 0.29) is 30.8 Å². The van der Waals surface area contributed by atoms with E-state index in [2.05, 4.69) is 15.5 Å². The summed E-state index contributed by atoms with van der Waals surface area (Å²) in [6.45, 7) is 6.39. The molecule has 0 aliphatic rings. The van der Waals surface area contributed by atoms with Crippen molar-refractivity contribution in [2.75, 3.05) is 13.2 Å². The number of aliphatic hydroxyl groups excluding tert-OH is 1. The Morgan fingerprint density at radius 3 is 2.55 bits per heavy atom. The third-order valence-corrected chi connectivity index (χ3v) is 4.81. The molecule has 9 heteroatoms. The number of aliphatic hydroxyl groups is 1. The highest BCUT2D eigenvalue weighted by atomic mass is 16.6. The zero-order valence-electron chi connectivity index (χ0n) is 17.7. The van der Waals surface area contributed by atoms with Gasteiger partial charge in [-0.25, -0.2) is 0 Å². The molecule has 164 valence electrons. The van der Waals surface area contributed by atoms with Crippen LogP contribution in [0.4, 0.5) is 5.69 Å². The van der Waals surface area contributed by atoms with E-state index in [1.54, 1.807) is 12.1 Å². The SMILES string of the molecule is Cc1ccccc1OC[C@H](O)CN[C@@H](c1nc(-c2ccc([N+](=O)[O-])cc2)no1)C(C)C. The zero-order chi connectivity index (χ0) is 22.4. The quantitative estimate of drug-likeness (QED) is 0.372. The van der Waals surface area contributed by atoms with E-state index in [1.807, 2.05) is 45.0 Å². The molecule has 0 saturated heterocycles. The van der Waals surface area contributed by atoms with Crippen LogP contribution in [0.15, 0.2) is 53.1 Å². The first-order valence-corrected chi connectivity index (χ1v) is 10.0. The molecule has 1 heterocycles. The fourth-order valence-corrected chi connectivity index (χ4v) is 3.05. The highest BCUT2D eigenvalue weighted by Gasteiger charge is 2.24. The Kier molecular flexibility index (Phi) is 7.32. The molecule has 2 aromatic carbocycles. The number of hydrogen-bond acceptors (Lipinski definition) is 8. The summed E-state index contributed by atoms with van der Waals surface area (Å²) in [5.74, 6) is 1.59. The van der Waals surface area contributed by atoms with Crippen molar-refractivity contribution in [3.8, 4) is 17.1 Å². The number of nitro benzene ring substituents is 1. The highest BCUT2D eigenvalue weighted by Crippen LogP contribution is 2.25. The molecule has 3 rings (SSSR count). The molecular weight excluding hydrogens is 400 g/mol. The number of nitrogens with one attached hydrogen (secondary N) is 1. The third-order valence-electron chi connectivity index (χ3n) is 4.81. The molecule has 3 aromatic rings. The van der Waals surface area contributed by atoms with Crippen LogP contribution in [0, 0.1) is 23.0 Å². The van der Waals surface area contributed by atoms with Gasteiger partial charge >= 0.3 is 0 Å². The maximum Gasteiger partial charge on any atom is 0.269 e. The fraction of sp³-hybridized carbons (Fsp3) is 0.364. The minimum Gasteiger partial charge on any atom is -0.491 e. The molecular formula is C22H26N4O5. The molecule has 0 aliphatic heterocycles. The van der Waals surface area contributed by atoms with Crippen LogP contribution in [0.2, 0.25) is 0 Å². The minimum atomic E-state index is -0.724. The second-order valence-electron chi connectivity index (χ2n) is 7.62. The lowest BCUT2D eigenvalue weighted by Crippen LogP contribution is -2.36. The van der Waals surface area contributed by atoms with Gasteiger partial charge in [0.25, 0.3) is 5.69 Å². The monoisotopic (exact) mass is 426 g/mol. The predicted octanol–water partition coefficient (Wildman–Crippen LogP) is 3.68. The van der Waals surface area contributed by atoms with Crippen molar-refractivity contribution in [2.45, 2.75) is 32.9 Å². The van der Waals surface area contributed by atoms with Crippen molar-refractivity contribution in [1.29, 1.82) is 0 Å². The molecule has 0 amide bonds. The van der Waals surface area contributed by atoms with E-state index >= 15 is 0 Å². The number of ether oxygens (including phenoxy) is 1. The predicted molar refractivity (Wildman–Crippen MR) is 115 cm³/mol. The van der Waals surface area contributed by atoms with Gasteiger partial charge in [0.05, 0.1) is 11.0 Å². The first kappa shape index (κ1) is 22.4. The molecule has 0 radical (unpaired) electrons. The van der Waals surface area contributed by atoms with Gasteiger partial charge < -0.3 is 19.7 Å². The number of hydrogen-bond donors (Lipinski definition) is 2. The van der Waals surface area contributed by atoms with Crippen LogP contribution in [-0.4, -0.2) is 39.4 Å². The molecule has 2 atom stereocenters. The van der Waals surface area contributed by atoms with Crippen molar-refractivity contribution >= 4 is 5.69 Å². The summed E-state index contributed by atoms with van der Waals surface area (Å²) in [6.07, 6.45) is -0.724. The zero-order valence-corrected chi connectivity index (χ0v) is 17.7. The smallest absolute Gasteiger partial charge is 0.269 e. The Bertz CT molecular complexity index is 1000. The summed E-state index contributed by atoms with van der Waals surface area (Å²) >= 11 is 0. The summed E-state index contributed by atoms with van der Waals surface area (Å²) < 4.78 is 11.1. The summed E-state index contributed by atoms with van der Waals surface area (Å²) in [4.78, 5) is 14.8. The van der Waals surface area contributed by atoms with Crippen molar-refractivity contribution < 1.29 is 19.3 Å². The maximum absolute atomic E-state index is 10.8. The van der Waals surface area contributed by atoms with E-state index < -0.39 is 11.0 Å². The van der Waals surface area contributed by atoms with E-state index in [4.69, 9.17) is 9.26 Å². The van der Waals surface area contributed by atoms with E-state index in [1.165, 1.54) is 12.1 Å². The first-order chi connectivity index (χ1) is 14.8. The second kappa shape index (κ2) is 10.1. The normalized spacial score (nSPS) is 13.2. The Labute approximate surface area is 180 Å². The standard InChI is InChI=1S/C22H26N4O5/c1-14(2)20(23-12-18(27)13-30-19-7-5-4-6-15(19)3)22-24-21(25-31-22)16-8-10-17(11-9-16)26(28)29/h4-11,14,18,20,23,27H,12-13H2,1-3H3/t18-,20-/m1/s1. The fourth-order valence-electron chi connectivity index (χ4n) is 3.05. The minimum absolute atomic E-state index is 0.00362. The van der Waals surface area contributed by atoms with Crippen LogP contribution in [0.5, 0.6) is 5.75 Å². The van der Waals surface area contributed by atoms with Gasteiger partial charge in [-0.1, -0.05) is 37.2 Å². The average molecular weight is 426 g/mol. The maximum atomic E-state index is 10.8. The first-order valence-electron chi connectivity index (χ1n) is 10.0. The van der Waals surface area contributed by atoms with Gasteiger partial charge in [0.1, 0.15) is 18.5 Å².